The molecule has 0 aromatic carbocycles. The van der Waals surface area contributed by atoms with Gasteiger partial charge >= 0.3 is 41.9 Å². The molecule has 0 bridgehead atoms. The normalized spacial score (nSPS) is 18.7. The van der Waals surface area contributed by atoms with Gasteiger partial charge in [-0.15, -0.1) is 0 Å². The molecule has 1 heterocycles. The minimum Gasteiger partial charge on any atom is -0.379 e. The molecule has 1 aliphatic rings. The fourth-order valence-corrected chi connectivity index (χ4v) is 1.77. The molecule has 4 nitrogen and oxygen atoms in total. The molecule has 0 aliphatic carbocycles. The number of rotatable bonds is 7. The van der Waals surface area contributed by atoms with Crippen molar-refractivity contribution in [3.05, 3.63) is 0 Å². The van der Waals surface area contributed by atoms with Gasteiger partial charge in [0.1, 0.15) is 0 Å². The summed E-state index contributed by atoms with van der Waals surface area (Å²) < 4.78 is 160. The van der Waals surface area contributed by atoms with E-state index >= 15 is 0 Å². The van der Waals surface area contributed by atoms with Crippen LogP contribution in [0.3, 0.4) is 0 Å². The molecule has 1 fully saturated rings. The predicted octanol–water partition coefficient (Wildman–Crippen LogP) is 2.79. The van der Waals surface area contributed by atoms with Gasteiger partial charge in [0, 0.05) is 13.1 Å². The van der Waals surface area contributed by atoms with E-state index in [4.69, 9.17) is 4.74 Å². The molecule has 0 aromatic rings. The lowest BCUT2D eigenvalue weighted by Gasteiger charge is -2.39. The van der Waals surface area contributed by atoms with E-state index in [1.54, 1.807) is 0 Å². The fourth-order valence-electron chi connectivity index (χ4n) is 1.77. The lowest BCUT2D eigenvalue weighted by molar-refractivity contribution is -0.407. The summed E-state index contributed by atoms with van der Waals surface area (Å²) >= 11 is 0. The Bertz CT molecular complexity index is 547. The second-order valence-electron chi connectivity index (χ2n) is 5.26. The third-order valence-electron chi connectivity index (χ3n) is 3.43. The van der Waals surface area contributed by atoms with Crippen molar-refractivity contribution in [3.63, 3.8) is 0 Å². The number of hydrogen-bond acceptors (Lipinski definition) is 3. The molecule has 1 rings (SSSR count). The van der Waals surface area contributed by atoms with Gasteiger partial charge in [0.15, 0.2) is 0 Å². The molecule has 0 aromatic heterocycles. The number of carbonyl (C=O) groups excluding carboxylic acids is 1. The molecule has 1 aliphatic heterocycles. The highest BCUT2D eigenvalue weighted by Crippen LogP contribution is 2.58. The molecule has 1 saturated heterocycles. The summed E-state index contributed by atoms with van der Waals surface area (Å²) in [7, 11) is 0. The maximum atomic E-state index is 13.5. The van der Waals surface area contributed by atoms with E-state index in [-0.39, 0.29) is 26.3 Å². The number of morpholine rings is 1. The third kappa shape index (κ3) is 3.64. The first-order chi connectivity index (χ1) is 11.9. The lowest BCUT2D eigenvalue weighted by atomic mass is 9.94. The Hall–Kier alpha value is -1.45. The lowest BCUT2D eigenvalue weighted by Crippen LogP contribution is -2.71. The van der Waals surface area contributed by atoms with E-state index < -0.39 is 41.9 Å². The summed E-state index contributed by atoms with van der Waals surface area (Å²) in [6.45, 7) is -1.19. The zero-order valence-electron chi connectivity index (χ0n) is 12.7. The first kappa shape index (κ1) is 23.6. The second kappa shape index (κ2) is 7.18. The Labute approximate surface area is 142 Å². The number of nitrogens with zero attached hydrogens (tertiary/aromatic N) is 1. The number of alkyl halides is 12. The van der Waals surface area contributed by atoms with Gasteiger partial charge in [-0.3, -0.25) is 10.2 Å². The summed E-state index contributed by atoms with van der Waals surface area (Å²) in [5.41, 5.74) is 1.02. The predicted molar refractivity (Wildman–Crippen MR) is 61.3 cm³/mol. The van der Waals surface area contributed by atoms with Gasteiger partial charge in [-0.05, 0) is 0 Å². The Morgan fingerprint density at radius 2 is 1.26 bits per heavy atom. The van der Waals surface area contributed by atoms with Crippen LogP contribution >= 0.6 is 0 Å². The highest BCUT2D eigenvalue weighted by atomic mass is 19.4. The van der Waals surface area contributed by atoms with Crippen LogP contribution in [0.25, 0.3) is 0 Å². The first-order valence-corrected chi connectivity index (χ1v) is 6.75. The molecule has 1 N–H and O–H groups in total. The van der Waals surface area contributed by atoms with Crippen LogP contribution < -0.4 is 5.43 Å². The molecule has 160 valence electrons. The Kier molecular flexibility index (Phi) is 6.27. The first-order valence-electron chi connectivity index (χ1n) is 6.75. The molecular weight excluding hydrogens is 420 g/mol. The monoisotopic (exact) mass is 430 g/mol. The van der Waals surface area contributed by atoms with Gasteiger partial charge in [-0.2, -0.15) is 43.9 Å². The van der Waals surface area contributed by atoms with Gasteiger partial charge in [0.05, 0.1) is 13.2 Å². The molecule has 0 unspecified atom stereocenters. The van der Waals surface area contributed by atoms with Gasteiger partial charge in [0.2, 0.25) is 0 Å². The summed E-state index contributed by atoms with van der Waals surface area (Å²) in [6, 6.07) is 0. The van der Waals surface area contributed by atoms with Crippen molar-refractivity contribution in [1.82, 2.24) is 10.4 Å². The number of halogens is 12. The molecule has 0 saturated carbocycles. The average molecular weight is 430 g/mol. The van der Waals surface area contributed by atoms with Crippen molar-refractivity contribution in [3.8, 4) is 0 Å². The van der Waals surface area contributed by atoms with E-state index in [0.717, 1.165) is 5.43 Å². The van der Waals surface area contributed by atoms with Crippen LogP contribution in [0.4, 0.5) is 52.7 Å². The van der Waals surface area contributed by atoms with Gasteiger partial charge in [0.25, 0.3) is 0 Å². The maximum Gasteiger partial charge on any atom is 0.394 e. The third-order valence-corrected chi connectivity index (χ3v) is 3.43. The van der Waals surface area contributed by atoms with E-state index in [1.807, 2.05) is 0 Å². The zero-order chi connectivity index (χ0) is 21.5. The zero-order valence-corrected chi connectivity index (χ0v) is 12.7. The Morgan fingerprint density at radius 3 is 1.67 bits per heavy atom. The van der Waals surface area contributed by atoms with E-state index in [9.17, 15) is 57.5 Å². The van der Waals surface area contributed by atoms with Crippen molar-refractivity contribution in [2.75, 3.05) is 26.3 Å². The number of amides is 1. The van der Waals surface area contributed by atoms with E-state index in [2.05, 4.69) is 0 Å². The van der Waals surface area contributed by atoms with Gasteiger partial charge < -0.3 is 4.74 Å². The smallest absolute Gasteiger partial charge is 0.379 e. The molecule has 27 heavy (non-hydrogen) atoms. The standard InChI is InChI=1S/C11H10F12N2O2/c12-5(13)7(14,15)9(18,19)11(22,23)10(20,21)8(16,17)6(26)24-25-1-3-27-4-2-25/h5H,1-4H2,(H,24,26). The summed E-state index contributed by atoms with van der Waals surface area (Å²) in [5.74, 6) is -39.8. The summed E-state index contributed by atoms with van der Waals surface area (Å²) in [4.78, 5) is 11.2. The fraction of sp³-hybridized carbons (Fsp3) is 0.909. The van der Waals surface area contributed by atoms with Crippen LogP contribution in [0.1, 0.15) is 0 Å². The van der Waals surface area contributed by atoms with Crippen LogP contribution in [-0.2, 0) is 9.53 Å². The van der Waals surface area contributed by atoms with Crippen LogP contribution in [-0.4, -0.2) is 73.3 Å². The van der Waals surface area contributed by atoms with Crippen molar-refractivity contribution >= 4 is 5.91 Å². The van der Waals surface area contributed by atoms with Crippen molar-refractivity contribution in [1.29, 1.82) is 0 Å². The van der Waals surface area contributed by atoms with Crippen molar-refractivity contribution in [2.24, 2.45) is 0 Å². The number of ether oxygens (including phenoxy) is 1. The molecular formula is C11H10F12N2O2. The van der Waals surface area contributed by atoms with Crippen molar-refractivity contribution in [2.45, 2.75) is 36.0 Å². The van der Waals surface area contributed by atoms with Crippen LogP contribution in [0.5, 0.6) is 0 Å². The largest absolute Gasteiger partial charge is 0.394 e. The van der Waals surface area contributed by atoms with Crippen LogP contribution in [0.15, 0.2) is 0 Å². The minimum atomic E-state index is -7.73. The average Bonchev–Trinajstić information content (AvgIpc) is 2.54. The maximum absolute atomic E-state index is 13.5. The Morgan fingerprint density at radius 1 is 0.815 bits per heavy atom. The number of nitrogens with one attached hydrogen (secondary N) is 1. The molecule has 1 amide bonds. The topological polar surface area (TPSA) is 41.6 Å². The van der Waals surface area contributed by atoms with Gasteiger partial charge in [-0.1, -0.05) is 0 Å². The minimum absolute atomic E-state index is 0.211. The number of hydrogen-bond donors (Lipinski definition) is 1. The quantitative estimate of drug-likeness (QED) is 0.632. The number of carbonyl (C=O) groups is 1. The summed E-state index contributed by atoms with van der Waals surface area (Å²) in [5, 5.41) is 0.486. The second-order valence-corrected chi connectivity index (χ2v) is 5.26. The number of hydrazine groups is 1. The molecule has 16 heteroatoms. The summed E-state index contributed by atoms with van der Waals surface area (Å²) in [6.07, 6.45) is -5.59. The van der Waals surface area contributed by atoms with Crippen molar-refractivity contribution < 1.29 is 62.2 Å². The molecule has 0 atom stereocenters. The van der Waals surface area contributed by atoms with Crippen LogP contribution in [0.2, 0.25) is 0 Å². The molecule has 0 spiro atoms. The van der Waals surface area contributed by atoms with E-state index in [0.29, 0.717) is 5.01 Å². The highest BCUT2D eigenvalue weighted by molar-refractivity contribution is 5.84. The van der Waals surface area contributed by atoms with E-state index in [1.165, 1.54) is 0 Å². The van der Waals surface area contributed by atoms with Crippen LogP contribution in [0, 0.1) is 0 Å². The molecule has 0 radical (unpaired) electrons. The Balaban J connectivity index is 3.20. The SMILES string of the molecule is O=C(NN1CCOCC1)C(F)(F)C(F)(F)C(F)(F)C(F)(F)C(F)(F)C(F)F. The van der Waals surface area contributed by atoms with Gasteiger partial charge in [-0.25, -0.2) is 13.8 Å². The highest BCUT2D eigenvalue weighted by Gasteiger charge is 2.89.